The molecule has 0 heterocycles. The van der Waals surface area contributed by atoms with E-state index in [4.69, 9.17) is 4.74 Å². The Labute approximate surface area is 154 Å². The number of hydrogen-bond acceptors (Lipinski definition) is 3. The van der Waals surface area contributed by atoms with Gasteiger partial charge in [-0.25, -0.2) is 13.2 Å². The summed E-state index contributed by atoms with van der Waals surface area (Å²) in [5, 5.41) is 5.06. The second-order valence-electron chi connectivity index (χ2n) is 5.81. The van der Waals surface area contributed by atoms with Crippen LogP contribution in [0.2, 0.25) is 0 Å². The molecule has 2 N–H and O–H groups in total. The topological polar surface area (TPSA) is 67.4 Å². The van der Waals surface area contributed by atoms with Crippen molar-refractivity contribution in [1.29, 1.82) is 0 Å². The van der Waals surface area contributed by atoms with Gasteiger partial charge < -0.3 is 15.4 Å². The van der Waals surface area contributed by atoms with Gasteiger partial charge in [0.2, 0.25) is 5.91 Å². The fourth-order valence-electron chi connectivity index (χ4n) is 2.41. The first-order valence-electron chi connectivity index (χ1n) is 8.18. The van der Waals surface area contributed by atoms with Crippen LogP contribution in [-0.2, 0) is 4.79 Å². The molecular weight excluding hydrogens is 361 g/mol. The Morgan fingerprint density at radius 3 is 2.44 bits per heavy atom. The average molecular weight is 380 g/mol. The molecule has 0 aliphatic carbocycles. The van der Waals surface area contributed by atoms with Crippen LogP contribution in [0.3, 0.4) is 0 Å². The van der Waals surface area contributed by atoms with E-state index in [1.807, 2.05) is 0 Å². The minimum Gasteiger partial charge on any atom is -0.494 e. The molecule has 27 heavy (non-hydrogen) atoms. The lowest BCUT2D eigenvalue weighted by atomic mass is 10.1. The van der Waals surface area contributed by atoms with Crippen molar-refractivity contribution in [2.24, 2.45) is 0 Å². The number of nitrogens with one attached hydrogen (secondary N) is 2. The number of halogens is 3. The van der Waals surface area contributed by atoms with Crippen LogP contribution in [0.1, 0.15) is 35.3 Å². The smallest absolute Gasteiger partial charge is 0.254 e. The number of carbonyl (C=O) groups is 2. The summed E-state index contributed by atoms with van der Waals surface area (Å²) in [5.41, 5.74) is 0.248. The van der Waals surface area contributed by atoms with Crippen LogP contribution in [0.4, 0.5) is 13.2 Å². The van der Waals surface area contributed by atoms with Crippen LogP contribution in [0.15, 0.2) is 36.4 Å². The fraction of sp³-hybridized carbons (Fsp3) is 0.263. The number of benzene rings is 2. The van der Waals surface area contributed by atoms with Gasteiger partial charge in [-0.2, -0.15) is 0 Å². The van der Waals surface area contributed by atoms with Gasteiger partial charge in [0.05, 0.1) is 18.7 Å². The van der Waals surface area contributed by atoms with E-state index in [9.17, 15) is 22.8 Å². The summed E-state index contributed by atoms with van der Waals surface area (Å²) in [6.45, 7) is 1.65. The summed E-state index contributed by atoms with van der Waals surface area (Å²) < 4.78 is 44.9. The quantitative estimate of drug-likeness (QED) is 0.776. The summed E-state index contributed by atoms with van der Waals surface area (Å²) in [7, 11) is 1.36. The van der Waals surface area contributed by atoms with Crippen LogP contribution in [-0.4, -0.2) is 25.5 Å². The van der Waals surface area contributed by atoms with Crippen molar-refractivity contribution < 1.29 is 27.5 Å². The fourth-order valence-corrected chi connectivity index (χ4v) is 2.41. The normalized spacial score (nSPS) is 11.6. The Morgan fingerprint density at radius 2 is 1.81 bits per heavy atom. The number of methoxy groups -OCH3 is 1. The lowest BCUT2D eigenvalue weighted by Gasteiger charge is -2.15. The summed E-state index contributed by atoms with van der Waals surface area (Å²) in [5.74, 6) is -3.32. The van der Waals surface area contributed by atoms with Gasteiger partial charge in [-0.15, -0.1) is 0 Å². The van der Waals surface area contributed by atoms with Gasteiger partial charge in [0.25, 0.3) is 5.91 Å². The number of ether oxygens (including phenoxy) is 1. The Morgan fingerprint density at radius 1 is 1.07 bits per heavy atom. The first-order valence-corrected chi connectivity index (χ1v) is 8.18. The zero-order valence-corrected chi connectivity index (χ0v) is 14.8. The monoisotopic (exact) mass is 380 g/mol. The van der Waals surface area contributed by atoms with Gasteiger partial charge in [-0.1, -0.05) is 6.07 Å². The molecule has 0 aliphatic rings. The maximum absolute atomic E-state index is 13.7. The number of amides is 2. The average Bonchev–Trinajstić information content (AvgIpc) is 2.61. The lowest BCUT2D eigenvalue weighted by molar-refractivity contribution is -0.121. The standard InChI is InChI=1S/C19H19F3N2O3/c1-11(12-3-6-17(27-2)16(22)9-12)24-18(25)7-8-23-19(26)14-5-4-13(20)10-15(14)21/h3-6,9-11H,7-8H2,1-2H3,(H,23,26)(H,24,25). The maximum atomic E-state index is 13.7. The predicted molar refractivity (Wildman–Crippen MR) is 92.8 cm³/mol. The minimum atomic E-state index is -0.980. The summed E-state index contributed by atoms with van der Waals surface area (Å²) in [6.07, 6.45) is -0.0580. The van der Waals surface area contributed by atoms with E-state index in [0.29, 0.717) is 11.6 Å². The van der Waals surface area contributed by atoms with Crippen molar-refractivity contribution in [3.8, 4) is 5.75 Å². The third-order valence-corrected chi connectivity index (χ3v) is 3.87. The molecule has 0 aromatic heterocycles. The highest BCUT2D eigenvalue weighted by atomic mass is 19.1. The molecule has 0 saturated carbocycles. The Bertz CT molecular complexity index is 843. The van der Waals surface area contributed by atoms with E-state index >= 15 is 0 Å². The molecule has 144 valence electrons. The molecule has 1 atom stereocenters. The summed E-state index contributed by atoms with van der Waals surface area (Å²) >= 11 is 0. The highest BCUT2D eigenvalue weighted by Crippen LogP contribution is 2.21. The van der Waals surface area contributed by atoms with Crippen molar-refractivity contribution >= 4 is 11.8 Å². The van der Waals surface area contributed by atoms with Gasteiger partial charge in [-0.3, -0.25) is 9.59 Å². The van der Waals surface area contributed by atoms with E-state index < -0.39 is 29.4 Å². The zero-order chi connectivity index (χ0) is 20.0. The molecule has 0 bridgehead atoms. The van der Waals surface area contributed by atoms with Crippen LogP contribution in [0.25, 0.3) is 0 Å². The summed E-state index contributed by atoms with van der Waals surface area (Å²) in [6, 6.07) is 6.51. The predicted octanol–water partition coefficient (Wildman–Crippen LogP) is 3.11. The first kappa shape index (κ1) is 20.3. The molecule has 8 heteroatoms. The number of hydrogen-bond donors (Lipinski definition) is 2. The molecule has 0 radical (unpaired) electrons. The highest BCUT2D eigenvalue weighted by Gasteiger charge is 2.14. The molecule has 2 amide bonds. The van der Waals surface area contributed by atoms with Crippen LogP contribution >= 0.6 is 0 Å². The van der Waals surface area contributed by atoms with Crippen LogP contribution in [0.5, 0.6) is 5.75 Å². The largest absolute Gasteiger partial charge is 0.494 e. The summed E-state index contributed by atoms with van der Waals surface area (Å²) in [4.78, 5) is 23.8. The van der Waals surface area contributed by atoms with Crippen molar-refractivity contribution in [3.05, 3.63) is 65.0 Å². The Kier molecular flexibility index (Phi) is 6.81. The van der Waals surface area contributed by atoms with Crippen molar-refractivity contribution in [3.63, 3.8) is 0 Å². The SMILES string of the molecule is COc1ccc(C(C)NC(=O)CCNC(=O)c2ccc(F)cc2F)cc1F. The Hall–Kier alpha value is -3.03. The van der Waals surface area contributed by atoms with Crippen molar-refractivity contribution in [2.75, 3.05) is 13.7 Å². The van der Waals surface area contributed by atoms with E-state index in [1.54, 1.807) is 13.0 Å². The third kappa shape index (κ3) is 5.47. The van der Waals surface area contributed by atoms with Gasteiger partial charge in [0.15, 0.2) is 11.6 Å². The van der Waals surface area contributed by atoms with E-state index in [2.05, 4.69) is 10.6 Å². The van der Waals surface area contributed by atoms with Gasteiger partial charge in [0, 0.05) is 19.0 Å². The minimum absolute atomic E-state index is 0.0365. The van der Waals surface area contributed by atoms with Gasteiger partial charge >= 0.3 is 0 Å². The van der Waals surface area contributed by atoms with E-state index in [-0.39, 0.29) is 30.2 Å². The molecule has 1 unspecified atom stereocenters. The molecule has 0 aliphatic heterocycles. The molecule has 2 aromatic carbocycles. The molecular formula is C19H19F3N2O3. The number of rotatable bonds is 7. The van der Waals surface area contributed by atoms with Crippen molar-refractivity contribution in [2.45, 2.75) is 19.4 Å². The van der Waals surface area contributed by atoms with Crippen molar-refractivity contribution in [1.82, 2.24) is 10.6 Å². The van der Waals surface area contributed by atoms with Crippen LogP contribution < -0.4 is 15.4 Å². The highest BCUT2D eigenvalue weighted by molar-refractivity contribution is 5.94. The van der Waals surface area contributed by atoms with E-state index in [0.717, 1.165) is 12.1 Å². The molecule has 5 nitrogen and oxygen atoms in total. The first-order chi connectivity index (χ1) is 12.8. The maximum Gasteiger partial charge on any atom is 0.254 e. The molecule has 0 saturated heterocycles. The molecule has 2 rings (SSSR count). The number of carbonyl (C=O) groups excluding carboxylic acids is 2. The van der Waals surface area contributed by atoms with Gasteiger partial charge in [0.1, 0.15) is 11.6 Å². The van der Waals surface area contributed by atoms with Crippen LogP contribution in [0, 0.1) is 17.5 Å². The Balaban J connectivity index is 1.83. The van der Waals surface area contributed by atoms with E-state index in [1.165, 1.54) is 19.2 Å². The second kappa shape index (κ2) is 9.07. The molecule has 2 aromatic rings. The third-order valence-electron chi connectivity index (χ3n) is 3.87. The molecule has 0 fully saturated rings. The lowest BCUT2D eigenvalue weighted by Crippen LogP contribution is -2.32. The van der Waals surface area contributed by atoms with Gasteiger partial charge in [-0.05, 0) is 36.8 Å². The molecule has 0 spiro atoms. The zero-order valence-electron chi connectivity index (χ0n) is 14.8. The second-order valence-corrected chi connectivity index (χ2v) is 5.81.